The fraction of sp³-hybridized carbons (Fsp3) is 0.458. The molecule has 3 unspecified atom stereocenters. The van der Waals surface area contributed by atoms with Crippen LogP contribution in [0.25, 0.3) is 0 Å². The van der Waals surface area contributed by atoms with Crippen LogP contribution in [-0.4, -0.2) is 40.0 Å². The van der Waals surface area contributed by atoms with E-state index in [2.05, 4.69) is 6.92 Å². The van der Waals surface area contributed by atoms with Gasteiger partial charge in [-0.1, -0.05) is 56.6 Å². The van der Waals surface area contributed by atoms with Gasteiger partial charge in [0.1, 0.15) is 5.75 Å². The van der Waals surface area contributed by atoms with E-state index in [9.17, 15) is 15.0 Å². The Hall–Kier alpha value is -2.12. The van der Waals surface area contributed by atoms with E-state index in [0.29, 0.717) is 17.9 Å². The first-order chi connectivity index (χ1) is 14.8. The van der Waals surface area contributed by atoms with Crippen LogP contribution < -0.4 is 5.73 Å². The fourth-order valence-electron chi connectivity index (χ4n) is 3.04. The lowest BCUT2D eigenvalue weighted by atomic mass is 9.94. The average molecular weight is 452 g/mol. The lowest BCUT2D eigenvalue weighted by molar-refractivity contribution is -0.166. The van der Waals surface area contributed by atoms with E-state index in [0.717, 1.165) is 29.7 Å². The minimum Gasteiger partial charge on any atom is -0.508 e. The molecule has 31 heavy (non-hydrogen) atoms. The fourth-order valence-corrected chi connectivity index (χ4v) is 3.22. The molecule has 0 aromatic heterocycles. The zero-order valence-corrected chi connectivity index (χ0v) is 19.2. The molecule has 5 N–H and O–H groups in total. The Morgan fingerprint density at radius 2 is 1.77 bits per heavy atom. The highest BCUT2D eigenvalue weighted by atomic mass is 35.5. The predicted molar refractivity (Wildman–Crippen MR) is 124 cm³/mol. The van der Waals surface area contributed by atoms with E-state index in [4.69, 9.17) is 27.2 Å². The number of carbonyl (C=O) groups is 1. The molecule has 2 aromatic rings. The van der Waals surface area contributed by atoms with Gasteiger partial charge in [0, 0.05) is 17.9 Å². The lowest BCUT2D eigenvalue weighted by Crippen LogP contribution is -2.36. The number of phenolic OH excluding ortho intramolecular Hbond substituents is 1. The summed E-state index contributed by atoms with van der Waals surface area (Å²) in [6.07, 6.45) is -0.0872. The molecule has 1 aliphatic rings. The molecule has 1 heterocycles. The maximum atomic E-state index is 11.2. The second-order valence-electron chi connectivity index (χ2n) is 7.06. The van der Waals surface area contributed by atoms with Crippen molar-refractivity contribution < 1.29 is 24.9 Å². The number of nitrogens with two attached hydrogens (primary N) is 1. The number of benzene rings is 2. The van der Waals surface area contributed by atoms with Gasteiger partial charge in [0.05, 0.1) is 12.2 Å². The number of phenols is 1. The van der Waals surface area contributed by atoms with Gasteiger partial charge in [-0.15, -0.1) is 0 Å². The second kappa shape index (κ2) is 14.0. The molecule has 172 valence electrons. The van der Waals surface area contributed by atoms with Gasteiger partial charge in [-0.2, -0.15) is 0 Å². The van der Waals surface area contributed by atoms with Crippen molar-refractivity contribution in [3.63, 3.8) is 0 Å². The standard InChI is InChI=1S/C19H19ClO5.C3H9N.C2H6/c20-16-6-3-12(17-9-15(22)10-18(25-17)19(23)24)8-13(16)7-11-1-4-14(21)5-2-11;1-2-3-4;1-2/h1-6,8,15,17-18,21-22H,7,9-10H2,(H,23,24);2-4H2,1H3;1-2H3. The molecule has 0 bridgehead atoms. The molecule has 0 saturated carbocycles. The number of aliphatic carboxylic acids is 1. The molecule has 7 heteroatoms. The summed E-state index contributed by atoms with van der Waals surface area (Å²) in [5.74, 6) is -0.866. The van der Waals surface area contributed by atoms with Crippen molar-refractivity contribution in [2.24, 2.45) is 5.73 Å². The summed E-state index contributed by atoms with van der Waals surface area (Å²) in [7, 11) is 0. The number of aromatic hydroxyl groups is 1. The third kappa shape index (κ3) is 8.87. The Bertz CT molecular complexity index is 795. The number of ether oxygens (including phenoxy) is 1. The van der Waals surface area contributed by atoms with Crippen LogP contribution in [-0.2, 0) is 16.0 Å². The van der Waals surface area contributed by atoms with E-state index in [-0.39, 0.29) is 12.2 Å². The number of hydrogen-bond acceptors (Lipinski definition) is 5. The summed E-state index contributed by atoms with van der Waals surface area (Å²) in [6, 6.07) is 12.3. The van der Waals surface area contributed by atoms with Crippen LogP contribution in [0.5, 0.6) is 5.75 Å². The number of halogens is 1. The van der Waals surface area contributed by atoms with Crippen molar-refractivity contribution in [2.45, 2.75) is 64.8 Å². The Labute approximate surface area is 189 Å². The Kier molecular flexibility index (Phi) is 12.2. The highest BCUT2D eigenvalue weighted by Gasteiger charge is 2.33. The second-order valence-corrected chi connectivity index (χ2v) is 7.47. The van der Waals surface area contributed by atoms with Crippen molar-refractivity contribution in [1.82, 2.24) is 0 Å². The van der Waals surface area contributed by atoms with Gasteiger partial charge in [0.25, 0.3) is 0 Å². The van der Waals surface area contributed by atoms with Crippen molar-refractivity contribution in [1.29, 1.82) is 0 Å². The van der Waals surface area contributed by atoms with Crippen molar-refractivity contribution >= 4 is 17.6 Å². The average Bonchev–Trinajstić information content (AvgIpc) is 2.78. The SMILES string of the molecule is CC.CCCN.O=C(O)C1CC(O)CC(c2ccc(Cl)c(Cc3ccc(O)cc3)c2)O1. The first-order valence-corrected chi connectivity index (χ1v) is 11.0. The molecule has 3 atom stereocenters. The summed E-state index contributed by atoms with van der Waals surface area (Å²) in [6.45, 7) is 6.88. The van der Waals surface area contributed by atoms with Crippen LogP contribution in [0.4, 0.5) is 0 Å². The molecular weight excluding hydrogens is 418 g/mol. The molecular formula is C24H34ClNO5. The third-order valence-electron chi connectivity index (χ3n) is 4.64. The quantitative estimate of drug-likeness (QED) is 0.524. The number of aliphatic hydroxyl groups is 1. The minimum atomic E-state index is -1.07. The van der Waals surface area contributed by atoms with E-state index in [1.165, 1.54) is 0 Å². The first kappa shape index (κ1) is 26.9. The van der Waals surface area contributed by atoms with Crippen LogP contribution in [0.3, 0.4) is 0 Å². The summed E-state index contributed by atoms with van der Waals surface area (Å²) in [5, 5.41) is 29.1. The van der Waals surface area contributed by atoms with Crippen LogP contribution in [0, 0.1) is 0 Å². The van der Waals surface area contributed by atoms with E-state index in [1.54, 1.807) is 24.3 Å². The van der Waals surface area contributed by atoms with E-state index < -0.39 is 24.3 Å². The van der Waals surface area contributed by atoms with Gasteiger partial charge in [0.15, 0.2) is 6.10 Å². The van der Waals surface area contributed by atoms with Gasteiger partial charge < -0.3 is 25.8 Å². The molecule has 1 fully saturated rings. The number of hydrogen-bond donors (Lipinski definition) is 4. The summed E-state index contributed by atoms with van der Waals surface area (Å²) in [5.41, 5.74) is 7.69. The monoisotopic (exact) mass is 451 g/mol. The Balaban J connectivity index is 0.000000720. The maximum Gasteiger partial charge on any atom is 0.332 e. The molecule has 2 aromatic carbocycles. The summed E-state index contributed by atoms with van der Waals surface area (Å²) < 4.78 is 5.63. The van der Waals surface area contributed by atoms with Gasteiger partial charge >= 0.3 is 5.97 Å². The zero-order chi connectivity index (χ0) is 23.4. The Morgan fingerprint density at radius 1 is 1.16 bits per heavy atom. The van der Waals surface area contributed by atoms with Crippen LogP contribution in [0.2, 0.25) is 5.02 Å². The van der Waals surface area contributed by atoms with Crippen LogP contribution in [0.15, 0.2) is 42.5 Å². The topological polar surface area (TPSA) is 113 Å². The van der Waals surface area contributed by atoms with E-state index in [1.807, 2.05) is 32.0 Å². The molecule has 6 nitrogen and oxygen atoms in total. The first-order valence-electron chi connectivity index (χ1n) is 10.7. The lowest BCUT2D eigenvalue weighted by Gasteiger charge is -2.31. The van der Waals surface area contributed by atoms with E-state index >= 15 is 0 Å². The van der Waals surface area contributed by atoms with Gasteiger partial charge in [0.2, 0.25) is 0 Å². The summed E-state index contributed by atoms with van der Waals surface area (Å²) >= 11 is 6.29. The Morgan fingerprint density at radius 3 is 2.32 bits per heavy atom. The molecule has 0 radical (unpaired) electrons. The largest absolute Gasteiger partial charge is 0.508 e. The van der Waals surface area contributed by atoms with Crippen molar-refractivity contribution in [3.05, 3.63) is 64.2 Å². The van der Waals surface area contributed by atoms with Crippen LogP contribution in [0.1, 0.15) is 62.8 Å². The molecule has 1 saturated heterocycles. The normalized spacial score (nSPS) is 20.0. The predicted octanol–water partition coefficient (Wildman–Crippen LogP) is 4.68. The maximum absolute atomic E-state index is 11.2. The third-order valence-corrected chi connectivity index (χ3v) is 5.01. The molecule has 3 rings (SSSR count). The molecule has 0 aliphatic carbocycles. The molecule has 1 aliphatic heterocycles. The van der Waals surface area contributed by atoms with Crippen LogP contribution >= 0.6 is 11.6 Å². The van der Waals surface area contributed by atoms with Gasteiger partial charge in [-0.25, -0.2) is 4.79 Å². The van der Waals surface area contributed by atoms with Gasteiger partial charge in [-0.05, 0) is 54.3 Å². The number of rotatable bonds is 5. The highest BCUT2D eigenvalue weighted by Crippen LogP contribution is 2.34. The molecule has 0 spiro atoms. The van der Waals surface area contributed by atoms with Crippen molar-refractivity contribution in [3.8, 4) is 5.75 Å². The smallest absolute Gasteiger partial charge is 0.332 e. The zero-order valence-electron chi connectivity index (χ0n) is 18.4. The number of carboxylic acid groups (broad SMARTS) is 1. The van der Waals surface area contributed by atoms with Crippen molar-refractivity contribution in [2.75, 3.05) is 6.54 Å². The highest BCUT2D eigenvalue weighted by molar-refractivity contribution is 6.31. The van der Waals surface area contributed by atoms with Gasteiger partial charge in [-0.3, -0.25) is 0 Å². The number of carboxylic acids is 1. The number of aliphatic hydroxyl groups excluding tert-OH is 1. The minimum absolute atomic E-state index is 0.0970. The molecule has 0 amide bonds. The summed E-state index contributed by atoms with van der Waals surface area (Å²) in [4.78, 5) is 11.2.